The first-order valence-electron chi connectivity index (χ1n) is 12.0. The van der Waals surface area contributed by atoms with E-state index in [1.165, 1.54) is 17.3 Å². The summed E-state index contributed by atoms with van der Waals surface area (Å²) in [5, 5.41) is 7.22. The molecule has 184 valence electrons. The topological polar surface area (TPSA) is 76.9 Å². The summed E-state index contributed by atoms with van der Waals surface area (Å²) in [4.78, 5) is 21.9. The summed E-state index contributed by atoms with van der Waals surface area (Å²) in [5.41, 5.74) is 4.34. The highest BCUT2D eigenvalue weighted by Gasteiger charge is 2.43. The van der Waals surface area contributed by atoms with E-state index < -0.39 is 0 Å². The minimum Gasteiger partial charge on any atom is -0.497 e. The first-order valence-corrected chi connectivity index (χ1v) is 12.9. The smallest absolute Gasteiger partial charge is 0.253 e. The predicted molar refractivity (Wildman–Crippen MR) is 141 cm³/mol. The van der Waals surface area contributed by atoms with Crippen molar-refractivity contribution in [2.45, 2.75) is 30.5 Å². The maximum absolute atomic E-state index is 13.5. The molecule has 1 amide bonds. The van der Waals surface area contributed by atoms with Gasteiger partial charge in [-0.1, -0.05) is 36.0 Å². The fraction of sp³-hybridized carbons (Fsp3) is 0.286. The van der Waals surface area contributed by atoms with Crippen LogP contribution in [0.3, 0.4) is 0 Å². The average Bonchev–Trinajstić information content (AvgIpc) is 3.33. The van der Waals surface area contributed by atoms with Crippen molar-refractivity contribution in [3.05, 3.63) is 83.7 Å². The number of hydrogen-bond donors (Lipinski definition) is 0. The number of benzene rings is 2. The van der Waals surface area contributed by atoms with E-state index in [1.807, 2.05) is 48.5 Å². The number of nitrogens with zero attached hydrogens (tertiary/aromatic N) is 4. The first-order chi connectivity index (χ1) is 17.7. The van der Waals surface area contributed by atoms with E-state index in [4.69, 9.17) is 14.6 Å². The molecule has 0 N–H and O–H groups in total. The summed E-state index contributed by atoms with van der Waals surface area (Å²) in [7, 11) is 3.32. The Kier molecular flexibility index (Phi) is 7.32. The van der Waals surface area contributed by atoms with E-state index in [1.54, 1.807) is 37.7 Å². The Morgan fingerprint density at radius 2 is 1.69 bits per heavy atom. The number of hydrazone groups is 1. The molecule has 1 aliphatic carbocycles. The maximum Gasteiger partial charge on any atom is 0.253 e. The van der Waals surface area contributed by atoms with Gasteiger partial charge in [0.2, 0.25) is 0 Å². The lowest BCUT2D eigenvalue weighted by Crippen LogP contribution is -2.32. The molecule has 2 unspecified atom stereocenters. The van der Waals surface area contributed by atoms with Gasteiger partial charge in [-0.25, -0.2) is 15.0 Å². The van der Waals surface area contributed by atoms with Crippen LogP contribution < -0.4 is 9.47 Å². The second-order valence-corrected chi connectivity index (χ2v) is 9.65. The highest BCUT2D eigenvalue weighted by atomic mass is 32.2. The van der Waals surface area contributed by atoms with Crippen molar-refractivity contribution in [1.29, 1.82) is 0 Å². The third-order valence-electron chi connectivity index (χ3n) is 6.54. The number of thioether (sulfide) groups is 1. The van der Waals surface area contributed by atoms with Crippen LogP contribution in [-0.2, 0) is 4.79 Å². The number of carbonyl (C=O) groups is 1. The van der Waals surface area contributed by atoms with Crippen LogP contribution in [0, 0.1) is 5.92 Å². The second-order valence-electron chi connectivity index (χ2n) is 8.70. The van der Waals surface area contributed by atoms with Crippen molar-refractivity contribution in [3.8, 4) is 11.5 Å². The third-order valence-corrected chi connectivity index (χ3v) is 7.40. The Bertz CT molecular complexity index is 1260. The quantitative estimate of drug-likeness (QED) is 0.319. The predicted octanol–water partition coefficient (Wildman–Crippen LogP) is 5.41. The lowest BCUT2D eigenvalue weighted by molar-refractivity contribution is -0.130. The molecule has 36 heavy (non-hydrogen) atoms. The van der Waals surface area contributed by atoms with Gasteiger partial charge in [0.25, 0.3) is 5.91 Å². The summed E-state index contributed by atoms with van der Waals surface area (Å²) in [6.45, 7) is 0. The zero-order valence-electron chi connectivity index (χ0n) is 20.3. The number of allylic oxidation sites excluding steroid dienone is 1. The van der Waals surface area contributed by atoms with Crippen molar-refractivity contribution >= 4 is 29.5 Å². The molecule has 1 saturated carbocycles. The van der Waals surface area contributed by atoms with E-state index in [0.29, 0.717) is 5.16 Å². The van der Waals surface area contributed by atoms with Crippen molar-refractivity contribution in [2.75, 3.05) is 20.0 Å². The average molecular weight is 501 g/mol. The maximum atomic E-state index is 13.5. The van der Waals surface area contributed by atoms with Gasteiger partial charge in [-0.3, -0.25) is 4.79 Å². The zero-order valence-corrected chi connectivity index (χ0v) is 21.1. The summed E-state index contributed by atoms with van der Waals surface area (Å²) in [6.07, 6.45) is 8.52. The van der Waals surface area contributed by atoms with E-state index >= 15 is 0 Å². The molecule has 1 fully saturated rings. The molecule has 0 bridgehead atoms. The first kappa shape index (κ1) is 24.1. The third kappa shape index (κ3) is 5.14. The SMILES string of the molecule is COc1ccc(/C=C2\CCCC3C2=NN(C(=O)CSc2ncccn2)C3c2ccc(OC)cc2)cc1. The Morgan fingerprint density at radius 1 is 1.03 bits per heavy atom. The molecule has 5 rings (SSSR count). The van der Waals surface area contributed by atoms with Gasteiger partial charge in [0.05, 0.1) is 31.7 Å². The molecule has 0 radical (unpaired) electrons. The number of ether oxygens (including phenoxy) is 2. The van der Waals surface area contributed by atoms with Gasteiger partial charge in [0, 0.05) is 18.3 Å². The summed E-state index contributed by atoms with van der Waals surface area (Å²) >= 11 is 1.33. The molecule has 0 spiro atoms. The Labute approximate surface area is 215 Å². The standard InChI is InChI=1S/C28H28N4O3S/c1-34-22-11-7-19(8-12-22)17-21-5-3-6-24-26(21)31-32(25(33)18-36-28-29-15-4-16-30-28)27(24)20-9-13-23(35-2)14-10-20/h4,7-17,24,27H,3,5-6,18H2,1-2H3/b21-17+. The Morgan fingerprint density at radius 3 is 2.36 bits per heavy atom. The molecule has 2 heterocycles. The van der Waals surface area contributed by atoms with Gasteiger partial charge in [-0.2, -0.15) is 5.10 Å². The van der Waals surface area contributed by atoms with Crippen LogP contribution in [0.4, 0.5) is 0 Å². The van der Waals surface area contributed by atoms with Crippen LogP contribution in [0.5, 0.6) is 11.5 Å². The van der Waals surface area contributed by atoms with Gasteiger partial charge < -0.3 is 9.47 Å². The molecular weight excluding hydrogens is 472 g/mol. The van der Waals surface area contributed by atoms with E-state index in [9.17, 15) is 4.79 Å². The van der Waals surface area contributed by atoms with Gasteiger partial charge in [0.1, 0.15) is 11.5 Å². The molecule has 1 aliphatic heterocycles. The van der Waals surface area contributed by atoms with Crippen molar-refractivity contribution in [1.82, 2.24) is 15.0 Å². The Hall–Kier alpha value is -3.65. The molecule has 2 aromatic carbocycles. The molecule has 3 aromatic rings. The molecule has 7 nitrogen and oxygen atoms in total. The molecule has 1 aromatic heterocycles. The van der Waals surface area contributed by atoms with Crippen LogP contribution in [-0.4, -0.2) is 46.6 Å². The number of rotatable bonds is 7. The number of aromatic nitrogens is 2. The van der Waals surface area contributed by atoms with Crippen LogP contribution >= 0.6 is 11.8 Å². The number of amides is 1. The molecule has 2 aliphatic rings. The summed E-state index contributed by atoms with van der Waals surface area (Å²) in [6, 6.07) is 17.6. The van der Waals surface area contributed by atoms with Crippen molar-refractivity contribution < 1.29 is 14.3 Å². The van der Waals surface area contributed by atoms with Gasteiger partial charge in [-0.05, 0) is 72.4 Å². The highest BCUT2D eigenvalue weighted by Crippen LogP contribution is 2.45. The van der Waals surface area contributed by atoms with E-state index in [0.717, 1.165) is 47.6 Å². The van der Waals surface area contributed by atoms with Gasteiger partial charge in [0.15, 0.2) is 5.16 Å². The minimum atomic E-state index is -0.157. The Balaban J connectivity index is 1.46. The van der Waals surface area contributed by atoms with Crippen LogP contribution in [0.2, 0.25) is 0 Å². The highest BCUT2D eigenvalue weighted by molar-refractivity contribution is 7.99. The molecule has 0 saturated heterocycles. The second kappa shape index (κ2) is 11.0. The van der Waals surface area contributed by atoms with E-state index in [-0.39, 0.29) is 23.6 Å². The zero-order chi connectivity index (χ0) is 24.9. The number of methoxy groups -OCH3 is 2. The van der Waals surface area contributed by atoms with Crippen LogP contribution in [0.1, 0.15) is 36.4 Å². The molecular formula is C28H28N4O3S. The number of carbonyl (C=O) groups excluding carboxylic acids is 1. The minimum absolute atomic E-state index is 0.0565. The van der Waals surface area contributed by atoms with Gasteiger partial charge >= 0.3 is 0 Å². The fourth-order valence-corrected chi connectivity index (χ4v) is 5.45. The van der Waals surface area contributed by atoms with Crippen molar-refractivity contribution in [3.63, 3.8) is 0 Å². The lowest BCUT2D eigenvalue weighted by Gasteiger charge is -2.29. The summed E-state index contributed by atoms with van der Waals surface area (Å²) in [5.74, 6) is 1.92. The van der Waals surface area contributed by atoms with Crippen molar-refractivity contribution in [2.24, 2.45) is 11.0 Å². The normalized spacial score (nSPS) is 20.1. The number of hydrogen-bond acceptors (Lipinski definition) is 7. The fourth-order valence-electron chi connectivity index (χ4n) is 4.80. The van der Waals surface area contributed by atoms with Gasteiger partial charge in [-0.15, -0.1) is 0 Å². The lowest BCUT2D eigenvalue weighted by atomic mass is 9.77. The molecule has 2 atom stereocenters. The van der Waals surface area contributed by atoms with E-state index in [2.05, 4.69) is 16.0 Å². The summed E-state index contributed by atoms with van der Waals surface area (Å²) < 4.78 is 10.7. The number of fused-ring (bicyclic) bond motifs is 1. The molecule has 8 heteroatoms. The van der Waals surface area contributed by atoms with Crippen LogP contribution in [0.25, 0.3) is 6.08 Å². The van der Waals surface area contributed by atoms with Crippen LogP contribution in [0.15, 0.2) is 82.8 Å². The monoisotopic (exact) mass is 500 g/mol. The largest absolute Gasteiger partial charge is 0.497 e.